The summed E-state index contributed by atoms with van der Waals surface area (Å²) in [6.07, 6.45) is -1.44. The maximum atomic E-state index is 11.9. The highest BCUT2D eigenvalue weighted by atomic mass is 19.3. The topological polar surface area (TPSA) is 23.5 Å². The third-order valence-corrected chi connectivity index (χ3v) is 2.41. The SMILES string of the molecule is CC1(CO)CCN(CC(F)F)C1. The summed E-state index contributed by atoms with van der Waals surface area (Å²) in [7, 11) is 0. The summed E-state index contributed by atoms with van der Waals surface area (Å²) >= 11 is 0. The normalized spacial score (nSPS) is 31.8. The predicted octanol–water partition coefficient (Wildman–Crippen LogP) is 0.956. The summed E-state index contributed by atoms with van der Waals surface area (Å²) in [5.41, 5.74) is -0.158. The summed E-state index contributed by atoms with van der Waals surface area (Å²) in [4.78, 5) is 1.71. The van der Waals surface area contributed by atoms with E-state index in [1.54, 1.807) is 4.90 Å². The van der Waals surface area contributed by atoms with Gasteiger partial charge in [0.25, 0.3) is 6.43 Å². The fourth-order valence-corrected chi connectivity index (χ4v) is 1.61. The van der Waals surface area contributed by atoms with Crippen LogP contribution < -0.4 is 0 Å². The van der Waals surface area contributed by atoms with Crippen molar-refractivity contribution in [3.63, 3.8) is 0 Å². The van der Waals surface area contributed by atoms with Gasteiger partial charge in [0, 0.05) is 18.6 Å². The molecule has 0 spiro atoms. The van der Waals surface area contributed by atoms with E-state index < -0.39 is 6.43 Å². The highest BCUT2D eigenvalue weighted by molar-refractivity contribution is 4.85. The molecule has 4 heteroatoms. The van der Waals surface area contributed by atoms with Crippen molar-refractivity contribution >= 4 is 0 Å². The molecule has 0 aromatic heterocycles. The van der Waals surface area contributed by atoms with E-state index in [2.05, 4.69) is 0 Å². The van der Waals surface area contributed by atoms with Crippen LogP contribution in [0.4, 0.5) is 8.78 Å². The van der Waals surface area contributed by atoms with E-state index >= 15 is 0 Å². The maximum absolute atomic E-state index is 11.9. The number of likely N-dealkylation sites (tertiary alicyclic amines) is 1. The van der Waals surface area contributed by atoms with Crippen molar-refractivity contribution in [2.45, 2.75) is 19.8 Å². The van der Waals surface area contributed by atoms with E-state index in [0.717, 1.165) is 6.42 Å². The minimum absolute atomic E-state index is 0.0900. The average Bonchev–Trinajstić information content (AvgIpc) is 2.32. The first kappa shape index (κ1) is 9.86. The van der Waals surface area contributed by atoms with Crippen molar-refractivity contribution in [1.29, 1.82) is 0 Å². The molecule has 1 rings (SSSR count). The lowest BCUT2D eigenvalue weighted by Gasteiger charge is -2.21. The molecule has 1 saturated heterocycles. The third-order valence-electron chi connectivity index (χ3n) is 2.41. The molecular formula is C8H15F2NO. The lowest BCUT2D eigenvalue weighted by Crippen LogP contribution is -2.30. The Balaban J connectivity index is 2.35. The molecule has 2 nitrogen and oxygen atoms in total. The maximum Gasteiger partial charge on any atom is 0.251 e. The zero-order chi connectivity index (χ0) is 9.19. The molecule has 1 heterocycles. The Labute approximate surface area is 71.2 Å². The summed E-state index contributed by atoms with van der Waals surface area (Å²) in [6.45, 7) is 3.13. The fourth-order valence-electron chi connectivity index (χ4n) is 1.61. The molecule has 12 heavy (non-hydrogen) atoms. The summed E-state index contributed by atoms with van der Waals surface area (Å²) in [6, 6.07) is 0. The van der Waals surface area contributed by atoms with Crippen molar-refractivity contribution in [3.05, 3.63) is 0 Å². The van der Waals surface area contributed by atoms with Gasteiger partial charge >= 0.3 is 0 Å². The Morgan fingerprint density at radius 2 is 2.25 bits per heavy atom. The average molecular weight is 179 g/mol. The van der Waals surface area contributed by atoms with Crippen LogP contribution >= 0.6 is 0 Å². The molecule has 0 aromatic carbocycles. The number of nitrogens with zero attached hydrogens (tertiary/aromatic N) is 1. The molecule has 0 saturated carbocycles. The van der Waals surface area contributed by atoms with E-state index in [1.165, 1.54) is 0 Å². The van der Waals surface area contributed by atoms with Crippen LogP contribution in [-0.4, -0.2) is 42.7 Å². The number of hydrogen-bond donors (Lipinski definition) is 1. The second-order valence-electron chi connectivity index (χ2n) is 3.84. The molecule has 1 N–H and O–H groups in total. The molecular weight excluding hydrogens is 164 g/mol. The standard InChI is InChI=1S/C8H15F2NO/c1-8(6-12)2-3-11(5-8)4-7(9)10/h7,12H,2-6H2,1H3. The van der Waals surface area contributed by atoms with Crippen molar-refractivity contribution in [1.82, 2.24) is 4.90 Å². The van der Waals surface area contributed by atoms with Gasteiger partial charge in [-0.15, -0.1) is 0 Å². The fraction of sp³-hybridized carbons (Fsp3) is 1.00. The largest absolute Gasteiger partial charge is 0.396 e. The van der Waals surface area contributed by atoms with Gasteiger partial charge in [-0.05, 0) is 13.0 Å². The van der Waals surface area contributed by atoms with Crippen LogP contribution in [-0.2, 0) is 0 Å². The highest BCUT2D eigenvalue weighted by Crippen LogP contribution is 2.29. The number of rotatable bonds is 3. The van der Waals surface area contributed by atoms with Gasteiger partial charge in [-0.3, -0.25) is 4.90 Å². The number of hydrogen-bond acceptors (Lipinski definition) is 2. The lowest BCUT2D eigenvalue weighted by molar-refractivity contribution is 0.0858. The smallest absolute Gasteiger partial charge is 0.251 e. The molecule has 1 fully saturated rings. The molecule has 0 aliphatic carbocycles. The minimum atomic E-state index is -2.26. The summed E-state index contributed by atoms with van der Waals surface area (Å²) in [5.74, 6) is 0. The van der Waals surface area contributed by atoms with E-state index in [0.29, 0.717) is 13.1 Å². The Kier molecular flexibility index (Phi) is 3.01. The second-order valence-corrected chi connectivity index (χ2v) is 3.84. The first-order chi connectivity index (χ1) is 5.56. The summed E-state index contributed by atoms with van der Waals surface area (Å²) < 4.78 is 23.9. The molecule has 0 aromatic rings. The zero-order valence-corrected chi connectivity index (χ0v) is 7.26. The lowest BCUT2D eigenvalue weighted by atomic mass is 9.91. The van der Waals surface area contributed by atoms with Gasteiger partial charge in [0.2, 0.25) is 0 Å². The van der Waals surface area contributed by atoms with Crippen LogP contribution in [0.5, 0.6) is 0 Å². The Bertz CT molecular complexity index is 154. The second kappa shape index (κ2) is 3.66. The van der Waals surface area contributed by atoms with Gasteiger partial charge in [-0.2, -0.15) is 0 Å². The zero-order valence-electron chi connectivity index (χ0n) is 7.26. The highest BCUT2D eigenvalue weighted by Gasteiger charge is 2.33. The first-order valence-electron chi connectivity index (χ1n) is 4.17. The third kappa shape index (κ3) is 2.38. The van der Waals surface area contributed by atoms with Gasteiger partial charge in [0.05, 0.1) is 6.54 Å². The van der Waals surface area contributed by atoms with E-state index in [4.69, 9.17) is 5.11 Å². The van der Waals surface area contributed by atoms with Crippen molar-refractivity contribution in [2.75, 3.05) is 26.2 Å². The van der Waals surface area contributed by atoms with Crippen LogP contribution in [0.3, 0.4) is 0 Å². The van der Waals surface area contributed by atoms with Crippen LogP contribution in [0, 0.1) is 5.41 Å². The molecule has 0 bridgehead atoms. The van der Waals surface area contributed by atoms with Gasteiger partial charge < -0.3 is 5.11 Å². The number of halogens is 2. The van der Waals surface area contributed by atoms with Gasteiger partial charge in [-0.1, -0.05) is 6.92 Å². The molecule has 1 atom stereocenters. The number of aliphatic hydroxyl groups is 1. The molecule has 0 amide bonds. The van der Waals surface area contributed by atoms with Crippen LogP contribution in [0.15, 0.2) is 0 Å². The van der Waals surface area contributed by atoms with Crippen LogP contribution in [0.25, 0.3) is 0 Å². The van der Waals surface area contributed by atoms with Gasteiger partial charge in [0.1, 0.15) is 0 Å². The molecule has 1 unspecified atom stereocenters. The molecule has 1 aliphatic heterocycles. The Morgan fingerprint density at radius 1 is 1.58 bits per heavy atom. The van der Waals surface area contributed by atoms with Gasteiger partial charge in [-0.25, -0.2) is 8.78 Å². The van der Waals surface area contributed by atoms with Crippen molar-refractivity contribution in [3.8, 4) is 0 Å². The quantitative estimate of drug-likeness (QED) is 0.697. The van der Waals surface area contributed by atoms with Crippen LogP contribution in [0.1, 0.15) is 13.3 Å². The first-order valence-corrected chi connectivity index (χ1v) is 4.17. The minimum Gasteiger partial charge on any atom is -0.396 e. The van der Waals surface area contributed by atoms with Crippen LogP contribution in [0.2, 0.25) is 0 Å². The molecule has 0 radical (unpaired) electrons. The van der Waals surface area contributed by atoms with E-state index in [1.807, 2.05) is 6.92 Å². The van der Waals surface area contributed by atoms with Crippen molar-refractivity contribution < 1.29 is 13.9 Å². The molecule has 1 aliphatic rings. The Hall–Kier alpha value is -0.220. The number of aliphatic hydroxyl groups excluding tert-OH is 1. The van der Waals surface area contributed by atoms with E-state index in [9.17, 15) is 8.78 Å². The predicted molar refractivity (Wildman–Crippen MR) is 42.3 cm³/mol. The molecule has 72 valence electrons. The monoisotopic (exact) mass is 179 g/mol. The Morgan fingerprint density at radius 3 is 2.67 bits per heavy atom. The van der Waals surface area contributed by atoms with Gasteiger partial charge in [0.15, 0.2) is 0 Å². The number of alkyl halides is 2. The summed E-state index contributed by atoms with van der Waals surface area (Å²) in [5, 5.41) is 8.96. The van der Waals surface area contributed by atoms with Crippen molar-refractivity contribution in [2.24, 2.45) is 5.41 Å². The van der Waals surface area contributed by atoms with E-state index in [-0.39, 0.29) is 18.6 Å².